The van der Waals surface area contributed by atoms with Crippen molar-refractivity contribution in [1.82, 2.24) is 5.32 Å². The summed E-state index contributed by atoms with van der Waals surface area (Å²) >= 11 is 1.80. The zero-order chi connectivity index (χ0) is 7.66. The molecule has 0 saturated carbocycles. The van der Waals surface area contributed by atoms with Gasteiger partial charge in [-0.15, -0.1) is 6.58 Å². The van der Waals surface area contributed by atoms with E-state index in [2.05, 4.69) is 11.9 Å². The summed E-state index contributed by atoms with van der Waals surface area (Å²) in [5.41, 5.74) is 0. The molecule has 0 bridgehead atoms. The Morgan fingerprint density at radius 1 is 1.50 bits per heavy atom. The smallest absolute Gasteiger partial charge is 0.102 e. The van der Waals surface area contributed by atoms with Gasteiger partial charge in [-0.2, -0.15) is 11.8 Å². The van der Waals surface area contributed by atoms with Crippen LogP contribution >= 0.6 is 11.8 Å². The normalized spacial score (nSPS) is 9.70. The highest BCUT2D eigenvalue weighted by Crippen LogP contribution is 1.96. The van der Waals surface area contributed by atoms with Crippen molar-refractivity contribution in [3.8, 4) is 0 Å². The van der Waals surface area contributed by atoms with Crippen LogP contribution in [0, 0.1) is 0 Å². The van der Waals surface area contributed by atoms with Crippen LogP contribution in [0.15, 0.2) is 12.7 Å². The van der Waals surface area contributed by atoms with Crippen molar-refractivity contribution >= 4 is 11.8 Å². The van der Waals surface area contributed by atoms with E-state index in [0.717, 1.165) is 18.1 Å². The Hall–Kier alpha value is -0.0200. The van der Waals surface area contributed by atoms with Gasteiger partial charge in [-0.3, -0.25) is 0 Å². The van der Waals surface area contributed by atoms with Gasteiger partial charge in [-0.05, 0) is 0 Å². The molecule has 1 N–H and O–H groups in total. The van der Waals surface area contributed by atoms with Crippen LogP contribution in [0.4, 0.5) is 4.39 Å². The van der Waals surface area contributed by atoms with Crippen molar-refractivity contribution in [3.63, 3.8) is 0 Å². The second kappa shape index (κ2) is 8.98. The Labute approximate surface area is 66.1 Å². The van der Waals surface area contributed by atoms with Crippen LogP contribution in [0.5, 0.6) is 0 Å². The molecule has 0 fully saturated rings. The van der Waals surface area contributed by atoms with E-state index in [1.165, 1.54) is 0 Å². The molecule has 10 heavy (non-hydrogen) atoms. The molecule has 0 rings (SSSR count). The summed E-state index contributed by atoms with van der Waals surface area (Å²) < 4.78 is 11.5. The number of halogens is 1. The Kier molecular flexibility index (Phi) is 8.96. The molecular formula is C7H14FNS. The number of rotatable bonds is 7. The Bertz CT molecular complexity index is 78.0. The second-order valence-electron chi connectivity index (χ2n) is 1.80. The Morgan fingerprint density at radius 3 is 2.90 bits per heavy atom. The van der Waals surface area contributed by atoms with Crippen molar-refractivity contribution in [1.29, 1.82) is 0 Å². The summed E-state index contributed by atoms with van der Waals surface area (Å²) in [4.78, 5) is 0. The van der Waals surface area contributed by atoms with Crippen LogP contribution < -0.4 is 5.32 Å². The molecule has 3 heteroatoms. The third-order valence-corrected chi connectivity index (χ3v) is 1.89. The van der Waals surface area contributed by atoms with E-state index in [1.54, 1.807) is 11.8 Å². The lowest BCUT2D eigenvalue weighted by Crippen LogP contribution is -2.19. The first-order chi connectivity index (χ1) is 4.91. The van der Waals surface area contributed by atoms with Gasteiger partial charge < -0.3 is 5.32 Å². The van der Waals surface area contributed by atoms with E-state index in [0.29, 0.717) is 6.54 Å². The fraction of sp³-hybridized carbons (Fsp3) is 0.714. The molecule has 0 aromatic heterocycles. The SMILES string of the molecule is C=CCSCCNCCF. The summed E-state index contributed by atoms with van der Waals surface area (Å²) in [5.74, 6) is 2.02. The second-order valence-corrected chi connectivity index (χ2v) is 2.95. The van der Waals surface area contributed by atoms with Crippen molar-refractivity contribution < 1.29 is 4.39 Å². The highest BCUT2D eigenvalue weighted by molar-refractivity contribution is 7.99. The van der Waals surface area contributed by atoms with Gasteiger partial charge in [-0.25, -0.2) is 4.39 Å². The third kappa shape index (κ3) is 7.98. The maximum Gasteiger partial charge on any atom is 0.102 e. The monoisotopic (exact) mass is 163 g/mol. The first kappa shape index (κ1) is 9.98. The van der Waals surface area contributed by atoms with Crippen LogP contribution in [0.3, 0.4) is 0 Å². The summed E-state index contributed by atoms with van der Waals surface area (Å²) in [6.45, 7) is 4.69. The number of hydrogen-bond donors (Lipinski definition) is 1. The zero-order valence-corrected chi connectivity index (χ0v) is 6.92. The van der Waals surface area contributed by atoms with Crippen molar-refractivity contribution in [3.05, 3.63) is 12.7 Å². The Balaban J connectivity index is 2.70. The van der Waals surface area contributed by atoms with Gasteiger partial charge in [0.15, 0.2) is 0 Å². The van der Waals surface area contributed by atoms with Gasteiger partial charge in [0.1, 0.15) is 6.67 Å². The Morgan fingerprint density at radius 2 is 2.30 bits per heavy atom. The van der Waals surface area contributed by atoms with Crippen LogP contribution in [-0.2, 0) is 0 Å². The average molecular weight is 163 g/mol. The molecule has 0 aromatic carbocycles. The minimum absolute atomic E-state index is 0.272. The first-order valence-electron chi connectivity index (χ1n) is 3.37. The molecule has 0 amide bonds. The molecule has 0 aliphatic rings. The molecule has 0 heterocycles. The largest absolute Gasteiger partial charge is 0.313 e. The molecule has 0 radical (unpaired) electrons. The highest BCUT2D eigenvalue weighted by atomic mass is 32.2. The molecule has 0 atom stereocenters. The molecule has 1 nitrogen and oxygen atoms in total. The lowest BCUT2D eigenvalue weighted by molar-refractivity contribution is 0.472. The van der Waals surface area contributed by atoms with Gasteiger partial charge in [-0.1, -0.05) is 6.08 Å². The van der Waals surface area contributed by atoms with Gasteiger partial charge in [0.05, 0.1) is 0 Å². The fourth-order valence-electron chi connectivity index (χ4n) is 0.503. The van der Waals surface area contributed by atoms with Gasteiger partial charge in [0.2, 0.25) is 0 Å². The lowest BCUT2D eigenvalue weighted by atomic mass is 10.6. The predicted octanol–water partition coefficient (Wildman–Crippen LogP) is 1.46. The van der Waals surface area contributed by atoms with Crippen LogP contribution in [0.1, 0.15) is 0 Å². The number of alkyl halides is 1. The summed E-state index contributed by atoms with van der Waals surface area (Å²) in [7, 11) is 0. The van der Waals surface area contributed by atoms with Crippen LogP contribution in [-0.4, -0.2) is 31.3 Å². The molecule has 0 spiro atoms. The van der Waals surface area contributed by atoms with Crippen molar-refractivity contribution in [2.75, 3.05) is 31.3 Å². The minimum Gasteiger partial charge on any atom is -0.313 e. The number of hydrogen-bond acceptors (Lipinski definition) is 2. The molecule has 0 saturated heterocycles. The topological polar surface area (TPSA) is 12.0 Å². The molecular weight excluding hydrogens is 149 g/mol. The predicted molar refractivity (Wildman–Crippen MR) is 46.4 cm³/mol. The summed E-state index contributed by atoms with van der Waals surface area (Å²) in [5, 5.41) is 2.96. The quantitative estimate of drug-likeness (QED) is 0.450. The summed E-state index contributed by atoms with van der Waals surface area (Å²) in [6.07, 6.45) is 1.87. The van der Waals surface area contributed by atoms with Crippen molar-refractivity contribution in [2.45, 2.75) is 0 Å². The zero-order valence-electron chi connectivity index (χ0n) is 6.11. The van der Waals surface area contributed by atoms with E-state index in [1.807, 2.05) is 6.08 Å². The molecule has 60 valence electrons. The molecule has 0 aliphatic heterocycles. The number of thioether (sulfide) groups is 1. The first-order valence-corrected chi connectivity index (χ1v) is 4.52. The van der Waals surface area contributed by atoms with Crippen LogP contribution in [0.2, 0.25) is 0 Å². The number of nitrogens with one attached hydrogen (secondary N) is 1. The highest BCUT2D eigenvalue weighted by Gasteiger charge is 1.85. The summed E-state index contributed by atoms with van der Waals surface area (Å²) in [6, 6.07) is 0. The van der Waals surface area contributed by atoms with Crippen LogP contribution in [0.25, 0.3) is 0 Å². The maximum atomic E-state index is 11.5. The van der Waals surface area contributed by atoms with Crippen molar-refractivity contribution in [2.24, 2.45) is 0 Å². The average Bonchev–Trinajstić information content (AvgIpc) is 1.97. The van der Waals surface area contributed by atoms with E-state index in [-0.39, 0.29) is 6.67 Å². The third-order valence-electron chi connectivity index (χ3n) is 0.930. The standard InChI is InChI=1S/C7H14FNS/c1-2-6-10-7-5-9-4-3-8/h2,9H,1,3-7H2. The molecule has 0 unspecified atom stereocenters. The lowest BCUT2D eigenvalue weighted by Gasteiger charge is -1.99. The van der Waals surface area contributed by atoms with E-state index in [4.69, 9.17) is 0 Å². The fourth-order valence-corrected chi connectivity index (χ4v) is 1.12. The van der Waals surface area contributed by atoms with Gasteiger partial charge in [0.25, 0.3) is 0 Å². The molecule has 0 aromatic rings. The van der Waals surface area contributed by atoms with E-state index in [9.17, 15) is 4.39 Å². The molecule has 0 aliphatic carbocycles. The minimum atomic E-state index is -0.272. The van der Waals surface area contributed by atoms with E-state index >= 15 is 0 Å². The van der Waals surface area contributed by atoms with Gasteiger partial charge >= 0.3 is 0 Å². The maximum absolute atomic E-state index is 11.5. The van der Waals surface area contributed by atoms with E-state index < -0.39 is 0 Å². The van der Waals surface area contributed by atoms with Gasteiger partial charge in [0, 0.05) is 24.6 Å².